The minimum absolute atomic E-state index is 0.166. The van der Waals surface area contributed by atoms with Gasteiger partial charge in [-0.1, -0.05) is 60.7 Å². The molecule has 2 aliphatic rings. The zero-order valence-corrected chi connectivity index (χ0v) is 23.2. The van der Waals surface area contributed by atoms with Crippen molar-refractivity contribution >= 4 is 46.0 Å². The predicted molar refractivity (Wildman–Crippen MR) is 169 cm³/mol. The Morgan fingerprint density at radius 1 is 0.524 bits per heavy atom. The molecule has 6 rings (SSSR count). The van der Waals surface area contributed by atoms with Gasteiger partial charge in [0.25, 0.3) is 11.8 Å². The minimum atomic E-state index is -0.166. The van der Waals surface area contributed by atoms with Gasteiger partial charge in [-0.25, -0.2) is 0 Å². The molecule has 0 atom stereocenters. The zero-order chi connectivity index (χ0) is 29.1. The fourth-order valence-electron chi connectivity index (χ4n) is 4.69. The quantitative estimate of drug-likeness (QED) is 0.247. The number of amides is 2. The van der Waals surface area contributed by atoms with Crippen LogP contribution in [0.1, 0.15) is 13.8 Å². The summed E-state index contributed by atoms with van der Waals surface area (Å²) in [6.45, 7) is 3.65. The van der Waals surface area contributed by atoms with E-state index in [4.69, 9.17) is 0 Å². The average Bonchev–Trinajstić information content (AvgIpc) is 3.48. The van der Waals surface area contributed by atoms with E-state index in [2.05, 4.69) is 20.8 Å². The lowest BCUT2D eigenvalue weighted by Gasteiger charge is -2.11. The SMILES string of the molecule is CC1=NN(c2ccccc2)C(=O)C1=CNc1ccc(-c2ccc(NC=C3C(=O)N(c4ccccc4)N=C3C)cc2)cc1. The predicted octanol–water partition coefficient (Wildman–Crippen LogP) is 6.79. The third-order valence-corrected chi connectivity index (χ3v) is 7.00. The number of anilines is 4. The Kier molecular flexibility index (Phi) is 7.17. The van der Waals surface area contributed by atoms with E-state index >= 15 is 0 Å². The van der Waals surface area contributed by atoms with Crippen LogP contribution < -0.4 is 20.7 Å². The maximum atomic E-state index is 12.9. The van der Waals surface area contributed by atoms with Crippen LogP contribution in [-0.4, -0.2) is 23.2 Å². The molecule has 42 heavy (non-hydrogen) atoms. The molecule has 8 heteroatoms. The molecule has 2 amide bonds. The number of nitrogens with zero attached hydrogens (tertiary/aromatic N) is 4. The van der Waals surface area contributed by atoms with Gasteiger partial charge in [0.2, 0.25) is 0 Å². The second-order valence-corrected chi connectivity index (χ2v) is 9.84. The summed E-state index contributed by atoms with van der Waals surface area (Å²) in [6.07, 6.45) is 3.41. The van der Waals surface area contributed by atoms with Crippen LogP contribution in [0.4, 0.5) is 22.7 Å². The first kappa shape index (κ1) is 26.5. The van der Waals surface area contributed by atoms with Gasteiger partial charge in [0.1, 0.15) is 0 Å². The molecular formula is C34H28N6O2. The lowest BCUT2D eigenvalue weighted by atomic mass is 10.0. The number of nitrogens with one attached hydrogen (secondary N) is 2. The Balaban J connectivity index is 1.08. The van der Waals surface area contributed by atoms with Gasteiger partial charge in [-0.2, -0.15) is 20.2 Å². The standard InChI is InChI=1S/C34H28N6O2/c1-23-31(33(41)39(37-23)29-9-5-3-6-10-29)21-35-27-17-13-25(14-18-27)26-15-19-28(20-16-26)36-22-32-24(2)38-40(34(32)42)30-11-7-4-8-12-30/h3-22,35-36H,1-2H3. The van der Waals surface area contributed by atoms with Gasteiger partial charge in [-0.3, -0.25) is 9.59 Å². The molecule has 0 unspecified atom stereocenters. The highest BCUT2D eigenvalue weighted by molar-refractivity contribution is 6.30. The van der Waals surface area contributed by atoms with Crippen molar-refractivity contribution in [2.75, 3.05) is 20.7 Å². The van der Waals surface area contributed by atoms with Crippen molar-refractivity contribution in [1.82, 2.24) is 0 Å². The molecule has 0 aromatic heterocycles. The van der Waals surface area contributed by atoms with Gasteiger partial charge in [-0.15, -0.1) is 0 Å². The number of benzene rings is 4. The summed E-state index contributed by atoms with van der Waals surface area (Å²) >= 11 is 0. The molecule has 4 aromatic carbocycles. The summed E-state index contributed by atoms with van der Waals surface area (Å²) in [6, 6.07) is 34.7. The van der Waals surface area contributed by atoms with Crippen molar-refractivity contribution in [2.45, 2.75) is 13.8 Å². The fraction of sp³-hybridized carbons (Fsp3) is 0.0588. The maximum Gasteiger partial charge on any atom is 0.282 e. The molecule has 0 spiro atoms. The van der Waals surface area contributed by atoms with Crippen LogP contribution in [0.15, 0.2) is 143 Å². The molecule has 8 nitrogen and oxygen atoms in total. The van der Waals surface area contributed by atoms with Crippen LogP contribution >= 0.6 is 0 Å². The zero-order valence-electron chi connectivity index (χ0n) is 23.2. The summed E-state index contributed by atoms with van der Waals surface area (Å²) in [5.41, 5.74) is 7.65. The molecule has 2 N–H and O–H groups in total. The minimum Gasteiger partial charge on any atom is -0.361 e. The van der Waals surface area contributed by atoms with E-state index in [9.17, 15) is 9.59 Å². The highest BCUT2D eigenvalue weighted by Crippen LogP contribution is 2.27. The van der Waals surface area contributed by atoms with E-state index in [1.165, 1.54) is 10.0 Å². The number of para-hydroxylation sites is 2. The lowest BCUT2D eigenvalue weighted by Crippen LogP contribution is -2.21. The van der Waals surface area contributed by atoms with Crippen LogP contribution in [-0.2, 0) is 9.59 Å². The van der Waals surface area contributed by atoms with Gasteiger partial charge >= 0.3 is 0 Å². The Bertz CT molecular complexity index is 1620. The summed E-state index contributed by atoms with van der Waals surface area (Å²) in [4.78, 5) is 25.8. The van der Waals surface area contributed by atoms with Crippen molar-refractivity contribution < 1.29 is 9.59 Å². The molecule has 0 radical (unpaired) electrons. The van der Waals surface area contributed by atoms with Gasteiger partial charge in [0, 0.05) is 23.8 Å². The highest BCUT2D eigenvalue weighted by Gasteiger charge is 2.29. The first-order chi connectivity index (χ1) is 20.5. The Hall–Kier alpha value is -5.76. The maximum absolute atomic E-state index is 12.9. The molecular weight excluding hydrogens is 524 g/mol. The fourth-order valence-corrected chi connectivity index (χ4v) is 4.69. The van der Waals surface area contributed by atoms with Crippen molar-refractivity contribution in [3.05, 3.63) is 133 Å². The third kappa shape index (κ3) is 5.33. The Morgan fingerprint density at radius 2 is 0.881 bits per heavy atom. The van der Waals surface area contributed by atoms with Crippen LogP contribution in [0.25, 0.3) is 11.1 Å². The first-order valence-electron chi connectivity index (χ1n) is 13.5. The Morgan fingerprint density at radius 3 is 1.24 bits per heavy atom. The van der Waals surface area contributed by atoms with Crippen molar-refractivity contribution in [2.24, 2.45) is 10.2 Å². The van der Waals surface area contributed by atoms with E-state index in [1.54, 1.807) is 12.4 Å². The van der Waals surface area contributed by atoms with Gasteiger partial charge in [-0.05, 0) is 73.5 Å². The Labute approximate surface area is 244 Å². The number of rotatable bonds is 7. The molecule has 4 aromatic rings. The summed E-state index contributed by atoms with van der Waals surface area (Å²) in [7, 11) is 0. The third-order valence-electron chi connectivity index (χ3n) is 7.00. The second kappa shape index (κ2) is 11.4. The molecule has 0 fully saturated rings. The van der Waals surface area contributed by atoms with E-state index in [1.807, 2.05) is 123 Å². The molecule has 0 aliphatic carbocycles. The number of hydrazone groups is 2. The van der Waals surface area contributed by atoms with Crippen molar-refractivity contribution in [3.8, 4) is 11.1 Å². The van der Waals surface area contributed by atoms with Crippen molar-refractivity contribution in [1.29, 1.82) is 0 Å². The molecule has 0 bridgehead atoms. The molecule has 0 saturated heterocycles. The molecule has 2 heterocycles. The molecule has 0 saturated carbocycles. The van der Waals surface area contributed by atoms with E-state index in [-0.39, 0.29) is 11.8 Å². The normalized spacial score (nSPS) is 16.7. The van der Waals surface area contributed by atoms with Crippen LogP contribution in [0, 0.1) is 0 Å². The smallest absolute Gasteiger partial charge is 0.282 e. The van der Waals surface area contributed by atoms with Crippen LogP contribution in [0.5, 0.6) is 0 Å². The number of carbonyl (C=O) groups is 2. The number of hydrogen-bond acceptors (Lipinski definition) is 6. The van der Waals surface area contributed by atoms with E-state index < -0.39 is 0 Å². The van der Waals surface area contributed by atoms with Crippen LogP contribution in [0.2, 0.25) is 0 Å². The number of carbonyl (C=O) groups excluding carboxylic acids is 2. The second-order valence-electron chi connectivity index (χ2n) is 9.84. The van der Waals surface area contributed by atoms with E-state index in [0.29, 0.717) is 22.6 Å². The van der Waals surface area contributed by atoms with Gasteiger partial charge in [0.05, 0.1) is 33.9 Å². The van der Waals surface area contributed by atoms with Gasteiger partial charge in [0.15, 0.2) is 0 Å². The van der Waals surface area contributed by atoms with Gasteiger partial charge < -0.3 is 10.6 Å². The first-order valence-corrected chi connectivity index (χ1v) is 13.5. The van der Waals surface area contributed by atoms with E-state index in [0.717, 1.165) is 33.9 Å². The summed E-state index contributed by atoms with van der Waals surface area (Å²) in [5.74, 6) is -0.333. The largest absolute Gasteiger partial charge is 0.361 e. The van der Waals surface area contributed by atoms with Crippen LogP contribution in [0.3, 0.4) is 0 Å². The summed E-state index contributed by atoms with van der Waals surface area (Å²) < 4.78 is 0. The monoisotopic (exact) mass is 552 g/mol. The lowest BCUT2D eigenvalue weighted by molar-refractivity contribution is -0.115. The molecule has 2 aliphatic heterocycles. The summed E-state index contributed by atoms with van der Waals surface area (Å²) in [5, 5.41) is 18.1. The average molecular weight is 553 g/mol. The molecule has 206 valence electrons. The topological polar surface area (TPSA) is 89.4 Å². The number of hydrogen-bond donors (Lipinski definition) is 2. The highest BCUT2D eigenvalue weighted by atomic mass is 16.2. The van der Waals surface area contributed by atoms with Crippen molar-refractivity contribution in [3.63, 3.8) is 0 Å².